The zero-order valence-corrected chi connectivity index (χ0v) is 11.4. The third-order valence-corrected chi connectivity index (χ3v) is 3.28. The molecular weight excluding hydrogens is 313 g/mol. The molecule has 0 saturated carbocycles. The van der Waals surface area contributed by atoms with E-state index in [4.69, 9.17) is 9.47 Å². The summed E-state index contributed by atoms with van der Waals surface area (Å²) < 4.78 is 46.6. The Hall–Kier alpha value is -0.750. The molecule has 0 amide bonds. The molecule has 0 N–H and O–H groups in total. The third kappa shape index (κ3) is 4.86. The molecule has 1 atom stereocenters. The molecule has 102 valence electrons. The van der Waals surface area contributed by atoms with Gasteiger partial charge in [-0.15, -0.1) is 0 Å². The van der Waals surface area contributed by atoms with Crippen LogP contribution in [0.25, 0.3) is 0 Å². The highest BCUT2D eigenvalue weighted by Crippen LogP contribution is 2.29. The van der Waals surface area contributed by atoms with Crippen LogP contribution in [-0.2, 0) is 4.74 Å². The number of rotatable bonds is 7. The van der Waals surface area contributed by atoms with Gasteiger partial charge in [-0.3, -0.25) is 0 Å². The van der Waals surface area contributed by atoms with Gasteiger partial charge in [0.25, 0.3) is 6.43 Å². The van der Waals surface area contributed by atoms with Crippen molar-refractivity contribution in [1.82, 2.24) is 0 Å². The SMILES string of the molecule is COc1ccc(C(Br)CCOCC(F)F)cc1F. The van der Waals surface area contributed by atoms with E-state index in [1.807, 2.05) is 0 Å². The van der Waals surface area contributed by atoms with Crippen molar-refractivity contribution in [3.05, 3.63) is 29.6 Å². The first-order chi connectivity index (χ1) is 8.54. The summed E-state index contributed by atoms with van der Waals surface area (Å²) in [6.07, 6.45) is -1.98. The highest BCUT2D eigenvalue weighted by Gasteiger charge is 2.11. The molecule has 0 aliphatic heterocycles. The van der Waals surface area contributed by atoms with Crippen LogP contribution in [0.4, 0.5) is 13.2 Å². The van der Waals surface area contributed by atoms with Crippen molar-refractivity contribution < 1.29 is 22.6 Å². The minimum atomic E-state index is -2.46. The highest BCUT2D eigenvalue weighted by molar-refractivity contribution is 9.09. The maximum atomic E-state index is 13.4. The van der Waals surface area contributed by atoms with Crippen molar-refractivity contribution in [2.45, 2.75) is 17.7 Å². The monoisotopic (exact) mass is 326 g/mol. The molecular formula is C12H14BrF3O2. The number of ether oxygens (including phenoxy) is 2. The maximum absolute atomic E-state index is 13.4. The van der Waals surface area contributed by atoms with E-state index in [-0.39, 0.29) is 17.2 Å². The number of alkyl halides is 3. The molecule has 0 aromatic heterocycles. The zero-order valence-electron chi connectivity index (χ0n) is 9.84. The fourth-order valence-electron chi connectivity index (χ4n) is 1.40. The maximum Gasteiger partial charge on any atom is 0.261 e. The molecule has 0 fully saturated rings. The first-order valence-electron chi connectivity index (χ1n) is 5.38. The predicted molar refractivity (Wildman–Crippen MR) is 66.1 cm³/mol. The van der Waals surface area contributed by atoms with Gasteiger partial charge in [-0.1, -0.05) is 22.0 Å². The lowest BCUT2D eigenvalue weighted by molar-refractivity contribution is 0.0167. The van der Waals surface area contributed by atoms with Crippen molar-refractivity contribution >= 4 is 15.9 Å². The molecule has 0 saturated heterocycles. The zero-order chi connectivity index (χ0) is 13.5. The van der Waals surface area contributed by atoms with Crippen LogP contribution in [0.15, 0.2) is 18.2 Å². The molecule has 0 spiro atoms. The molecule has 0 aliphatic rings. The van der Waals surface area contributed by atoms with E-state index < -0.39 is 18.8 Å². The van der Waals surface area contributed by atoms with Gasteiger partial charge in [-0.05, 0) is 24.1 Å². The second-order valence-corrected chi connectivity index (χ2v) is 4.72. The van der Waals surface area contributed by atoms with Crippen LogP contribution in [0.5, 0.6) is 5.75 Å². The van der Waals surface area contributed by atoms with E-state index in [0.29, 0.717) is 12.0 Å². The average molecular weight is 327 g/mol. The second-order valence-electron chi connectivity index (χ2n) is 3.62. The number of hydrogen-bond donors (Lipinski definition) is 0. The largest absolute Gasteiger partial charge is 0.494 e. The smallest absolute Gasteiger partial charge is 0.261 e. The summed E-state index contributed by atoms with van der Waals surface area (Å²) >= 11 is 3.36. The summed E-state index contributed by atoms with van der Waals surface area (Å²) in [6.45, 7) is -0.384. The van der Waals surface area contributed by atoms with Crippen LogP contribution in [-0.4, -0.2) is 26.7 Å². The molecule has 1 aromatic rings. The number of hydrogen-bond acceptors (Lipinski definition) is 2. The molecule has 2 nitrogen and oxygen atoms in total. The lowest BCUT2D eigenvalue weighted by Crippen LogP contribution is -2.07. The van der Waals surface area contributed by atoms with E-state index in [1.54, 1.807) is 6.07 Å². The van der Waals surface area contributed by atoms with E-state index in [0.717, 1.165) is 0 Å². The van der Waals surface area contributed by atoms with Crippen molar-refractivity contribution in [3.63, 3.8) is 0 Å². The quantitative estimate of drug-likeness (QED) is 0.558. The normalized spacial score (nSPS) is 12.8. The van der Waals surface area contributed by atoms with Crippen molar-refractivity contribution in [2.24, 2.45) is 0 Å². The molecule has 0 bridgehead atoms. The lowest BCUT2D eigenvalue weighted by atomic mass is 10.1. The van der Waals surface area contributed by atoms with Crippen molar-refractivity contribution in [1.29, 1.82) is 0 Å². The number of halogens is 4. The fourth-order valence-corrected chi connectivity index (χ4v) is 1.88. The molecule has 1 aromatic carbocycles. The summed E-state index contributed by atoms with van der Waals surface area (Å²) in [7, 11) is 1.39. The predicted octanol–water partition coefficient (Wildman–Crippen LogP) is 3.94. The molecule has 0 aliphatic carbocycles. The van der Waals surface area contributed by atoms with Gasteiger partial charge in [0.2, 0.25) is 0 Å². The number of benzene rings is 1. The summed E-state index contributed by atoms with van der Waals surface area (Å²) in [6, 6.07) is 4.60. The van der Waals surface area contributed by atoms with Crippen LogP contribution in [0, 0.1) is 5.82 Å². The summed E-state index contributed by atoms with van der Waals surface area (Å²) in [5.74, 6) is -0.277. The van der Waals surface area contributed by atoms with Gasteiger partial charge in [-0.25, -0.2) is 13.2 Å². The first kappa shape index (κ1) is 15.3. The Morgan fingerprint density at radius 2 is 2.06 bits per heavy atom. The van der Waals surface area contributed by atoms with Crippen LogP contribution in [0.1, 0.15) is 16.8 Å². The van der Waals surface area contributed by atoms with E-state index >= 15 is 0 Å². The molecule has 6 heteroatoms. The lowest BCUT2D eigenvalue weighted by Gasteiger charge is -2.11. The van der Waals surface area contributed by atoms with E-state index in [9.17, 15) is 13.2 Å². The second kappa shape index (κ2) is 7.63. The van der Waals surface area contributed by atoms with E-state index in [2.05, 4.69) is 15.9 Å². The van der Waals surface area contributed by atoms with Gasteiger partial charge in [0.05, 0.1) is 7.11 Å². The highest BCUT2D eigenvalue weighted by atomic mass is 79.9. The molecule has 0 radical (unpaired) electrons. The van der Waals surface area contributed by atoms with Crippen LogP contribution in [0.2, 0.25) is 0 Å². The third-order valence-electron chi connectivity index (χ3n) is 2.30. The number of methoxy groups -OCH3 is 1. The topological polar surface area (TPSA) is 18.5 Å². The summed E-state index contributed by atoms with van der Waals surface area (Å²) in [5.41, 5.74) is 0.717. The summed E-state index contributed by atoms with van der Waals surface area (Å²) in [5, 5.41) is 0. The van der Waals surface area contributed by atoms with Gasteiger partial charge >= 0.3 is 0 Å². The van der Waals surface area contributed by atoms with Gasteiger partial charge < -0.3 is 9.47 Å². The van der Waals surface area contributed by atoms with Crippen molar-refractivity contribution in [3.8, 4) is 5.75 Å². The fraction of sp³-hybridized carbons (Fsp3) is 0.500. The Kier molecular flexibility index (Phi) is 6.49. The molecule has 1 rings (SSSR count). The molecule has 18 heavy (non-hydrogen) atoms. The average Bonchev–Trinajstić information content (AvgIpc) is 2.34. The summed E-state index contributed by atoms with van der Waals surface area (Å²) in [4.78, 5) is -0.143. The Labute approximate surface area is 112 Å². The Balaban J connectivity index is 2.46. The van der Waals surface area contributed by atoms with Crippen LogP contribution >= 0.6 is 15.9 Å². The van der Waals surface area contributed by atoms with Gasteiger partial charge in [-0.2, -0.15) is 0 Å². The standard InChI is InChI=1S/C12H14BrF3O2/c1-17-11-3-2-8(6-10(11)14)9(13)4-5-18-7-12(15)16/h2-3,6,9,12H,4-5,7H2,1H3. The Morgan fingerprint density at radius 1 is 1.33 bits per heavy atom. The minimum absolute atomic E-state index is 0.143. The molecule has 0 heterocycles. The minimum Gasteiger partial charge on any atom is -0.494 e. The van der Waals surface area contributed by atoms with Crippen LogP contribution < -0.4 is 4.74 Å². The molecule has 1 unspecified atom stereocenters. The van der Waals surface area contributed by atoms with Gasteiger partial charge in [0.1, 0.15) is 6.61 Å². The van der Waals surface area contributed by atoms with E-state index in [1.165, 1.54) is 19.2 Å². The van der Waals surface area contributed by atoms with Gasteiger partial charge in [0.15, 0.2) is 11.6 Å². The van der Waals surface area contributed by atoms with Gasteiger partial charge in [0, 0.05) is 11.4 Å². The Morgan fingerprint density at radius 3 is 2.61 bits per heavy atom. The Bertz CT molecular complexity index is 374. The van der Waals surface area contributed by atoms with Crippen molar-refractivity contribution in [2.75, 3.05) is 20.3 Å². The first-order valence-corrected chi connectivity index (χ1v) is 6.29. The van der Waals surface area contributed by atoms with Crippen LogP contribution in [0.3, 0.4) is 0 Å².